The number of aromatic nitrogens is 3. The molecule has 0 saturated carbocycles. The highest BCUT2D eigenvalue weighted by Gasteiger charge is 2.13. The smallest absolute Gasteiger partial charge is 0.249 e. The zero-order chi connectivity index (χ0) is 20.2. The van der Waals surface area contributed by atoms with Crippen LogP contribution in [0.1, 0.15) is 5.56 Å². The van der Waals surface area contributed by atoms with E-state index in [0.29, 0.717) is 17.3 Å². The fraction of sp³-hybridized carbons (Fsp3) is 0.136. The molecule has 1 aromatic heterocycles. The fourth-order valence-electron chi connectivity index (χ4n) is 3.22. The lowest BCUT2D eigenvalue weighted by molar-refractivity contribution is -0.115. The molecule has 29 heavy (non-hydrogen) atoms. The number of H-pyrrole nitrogens is 1. The summed E-state index contributed by atoms with van der Waals surface area (Å²) in [5.74, 6) is 1.77. The molecule has 0 saturated heterocycles. The molecule has 0 bridgehead atoms. The van der Waals surface area contributed by atoms with Gasteiger partial charge in [-0.05, 0) is 34.5 Å². The van der Waals surface area contributed by atoms with Crippen LogP contribution in [0.15, 0.2) is 60.7 Å². The summed E-state index contributed by atoms with van der Waals surface area (Å²) in [6, 6.07) is 19.3. The van der Waals surface area contributed by atoms with Gasteiger partial charge in [0.15, 0.2) is 17.3 Å². The number of aromatic amines is 1. The highest BCUT2D eigenvalue weighted by atomic mass is 16.5. The van der Waals surface area contributed by atoms with Crippen molar-refractivity contribution in [3.63, 3.8) is 0 Å². The minimum atomic E-state index is -0.181. The van der Waals surface area contributed by atoms with E-state index in [9.17, 15) is 4.79 Å². The molecule has 0 aliphatic rings. The topological polar surface area (TPSA) is 89.1 Å². The first-order chi connectivity index (χ1) is 14.2. The van der Waals surface area contributed by atoms with Crippen LogP contribution in [0.2, 0.25) is 0 Å². The summed E-state index contributed by atoms with van der Waals surface area (Å²) >= 11 is 0. The van der Waals surface area contributed by atoms with Crippen LogP contribution in [0.4, 0.5) is 5.95 Å². The Bertz CT molecular complexity index is 1160. The molecule has 1 amide bonds. The van der Waals surface area contributed by atoms with E-state index in [1.807, 2.05) is 48.5 Å². The Morgan fingerprint density at radius 1 is 1.00 bits per heavy atom. The van der Waals surface area contributed by atoms with E-state index in [1.54, 1.807) is 26.4 Å². The maximum atomic E-state index is 12.5. The highest BCUT2D eigenvalue weighted by molar-refractivity contribution is 5.95. The standard InChI is InChI=1S/C22H20N4O3/c1-28-18-11-10-16(12-19(18)29-2)21-24-22(26-25-21)23-20(27)13-15-8-5-7-14-6-3-4-9-17(14)15/h3-12H,13H2,1-2H3,(H2,23,24,25,26,27). The summed E-state index contributed by atoms with van der Waals surface area (Å²) in [5.41, 5.74) is 1.72. The number of hydrogen-bond acceptors (Lipinski definition) is 5. The van der Waals surface area contributed by atoms with Crippen molar-refractivity contribution in [2.45, 2.75) is 6.42 Å². The number of anilines is 1. The normalized spacial score (nSPS) is 10.7. The Kier molecular flexibility index (Phi) is 5.11. The molecule has 2 N–H and O–H groups in total. The van der Waals surface area contributed by atoms with Crippen LogP contribution in [-0.2, 0) is 11.2 Å². The second kappa shape index (κ2) is 8.02. The van der Waals surface area contributed by atoms with E-state index in [-0.39, 0.29) is 18.3 Å². The van der Waals surface area contributed by atoms with Crippen molar-refractivity contribution in [3.05, 3.63) is 66.2 Å². The summed E-state index contributed by atoms with van der Waals surface area (Å²) < 4.78 is 10.6. The van der Waals surface area contributed by atoms with Crippen LogP contribution >= 0.6 is 0 Å². The van der Waals surface area contributed by atoms with Gasteiger partial charge in [-0.15, -0.1) is 5.10 Å². The van der Waals surface area contributed by atoms with Gasteiger partial charge in [-0.3, -0.25) is 15.2 Å². The Balaban J connectivity index is 1.50. The van der Waals surface area contributed by atoms with E-state index < -0.39 is 0 Å². The van der Waals surface area contributed by atoms with Gasteiger partial charge >= 0.3 is 0 Å². The summed E-state index contributed by atoms with van der Waals surface area (Å²) in [5, 5.41) is 11.8. The average molecular weight is 388 g/mol. The minimum absolute atomic E-state index is 0.181. The van der Waals surface area contributed by atoms with E-state index in [0.717, 1.165) is 21.9 Å². The van der Waals surface area contributed by atoms with E-state index in [2.05, 4.69) is 20.5 Å². The number of nitrogens with zero attached hydrogens (tertiary/aromatic N) is 2. The van der Waals surface area contributed by atoms with Crippen LogP contribution in [0.3, 0.4) is 0 Å². The highest BCUT2D eigenvalue weighted by Crippen LogP contribution is 2.31. The lowest BCUT2D eigenvalue weighted by Gasteiger charge is -2.08. The molecular formula is C22H20N4O3. The number of methoxy groups -OCH3 is 2. The minimum Gasteiger partial charge on any atom is -0.493 e. The molecule has 0 radical (unpaired) electrons. The molecule has 4 rings (SSSR count). The lowest BCUT2D eigenvalue weighted by Crippen LogP contribution is -2.15. The molecule has 146 valence electrons. The molecule has 7 nitrogen and oxygen atoms in total. The number of carbonyl (C=O) groups is 1. The first-order valence-corrected chi connectivity index (χ1v) is 9.09. The number of ether oxygens (including phenoxy) is 2. The quantitative estimate of drug-likeness (QED) is 0.524. The Hall–Kier alpha value is -3.87. The first kappa shape index (κ1) is 18.5. The fourth-order valence-corrected chi connectivity index (χ4v) is 3.22. The third kappa shape index (κ3) is 3.89. The summed E-state index contributed by atoms with van der Waals surface area (Å²) in [6.07, 6.45) is 0.238. The molecule has 0 spiro atoms. The Morgan fingerprint density at radius 3 is 2.62 bits per heavy atom. The second-order valence-corrected chi connectivity index (χ2v) is 6.44. The second-order valence-electron chi connectivity index (χ2n) is 6.44. The molecule has 0 aliphatic heterocycles. The van der Waals surface area contributed by atoms with E-state index in [1.165, 1.54) is 0 Å². The summed E-state index contributed by atoms with van der Waals surface area (Å²) in [7, 11) is 3.15. The van der Waals surface area contributed by atoms with Gasteiger partial charge in [-0.25, -0.2) is 0 Å². The number of amides is 1. The third-order valence-electron chi connectivity index (χ3n) is 4.62. The first-order valence-electron chi connectivity index (χ1n) is 9.09. The van der Waals surface area contributed by atoms with E-state index >= 15 is 0 Å². The van der Waals surface area contributed by atoms with Gasteiger partial charge in [0, 0.05) is 5.56 Å². The maximum absolute atomic E-state index is 12.5. The van der Waals surface area contributed by atoms with Crippen molar-refractivity contribution in [1.82, 2.24) is 15.2 Å². The third-order valence-corrected chi connectivity index (χ3v) is 4.62. The molecule has 4 aromatic rings. The summed E-state index contributed by atoms with van der Waals surface area (Å²) in [6.45, 7) is 0. The number of hydrogen-bond donors (Lipinski definition) is 2. The molecule has 0 unspecified atom stereocenters. The molecule has 7 heteroatoms. The number of carbonyl (C=O) groups excluding carboxylic acids is 1. The van der Waals surface area contributed by atoms with Gasteiger partial charge in [-0.2, -0.15) is 4.98 Å². The molecule has 0 fully saturated rings. The predicted octanol–water partition coefficient (Wildman–Crippen LogP) is 3.82. The molecule has 0 aliphatic carbocycles. The monoisotopic (exact) mass is 388 g/mol. The van der Waals surface area contributed by atoms with Gasteiger partial charge in [0.2, 0.25) is 11.9 Å². The molecule has 0 atom stereocenters. The molecular weight excluding hydrogens is 368 g/mol. The van der Waals surface area contributed by atoms with Gasteiger partial charge in [-0.1, -0.05) is 42.5 Å². The van der Waals surface area contributed by atoms with Gasteiger partial charge in [0.05, 0.1) is 20.6 Å². The average Bonchev–Trinajstić information content (AvgIpc) is 3.21. The van der Waals surface area contributed by atoms with Gasteiger partial charge < -0.3 is 9.47 Å². The van der Waals surface area contributed by atoms with Crippen LogP contribution in [-0.4, -0.2) is 35.3 Å². The Labute approximate surface area is 167 Å². The van der Waals surface area contributed by atoms with Gasteiger partial charge in [0.1, 0.15) is 0 Å². The molecule has 1 heterocycles. The van der Waals surface area contributed by atoms with Crippen molar-refractivity contribution < 1.29 is 14.3 Å². The summed E-state index contributed by atoms with van der Waals surface area (Å²) in [4.78, 5) is 16.9. The maximum Gasteiger partial charge on any atom is 0.249 e. The lowest BCUT2D eigenvalue weighted by atomic mass is 10.0. The van der Waals surface area contributed by atoms with Crippen molar-refractivity contribution >= 4 is 22.6 Å². The number of nitrogens with one attached hydrogen (secondary N) is 2. The van der Waals surface area contributed by atoms with Crippen molar-refractivity contribution in [3.8, 4) is 22.9 Å². The number of fused-ring (bicyclic) bond motifs is 1. The number of benzene rings is 3. The largest absolute Gasteiger partial charge is 0.493 e. The van der Waals surface area contributed by atoms with Crippen molar-refractivity contribution in [2.75, 3.05) is 19.5 Å². The molecule has 3 aromatic carbocycles. The van der Waals surface area contributed by atoms with E-state index in [4.69, 9.17) is 9.47 Å². The van der Waals surface area contributed by atoms with Crippen molar-refractivity contribution in [2.24, 2.45) is 0 Å². The zero-order valence-corrected chi connectivity index (χ0v) is 16.1. The van der Waals surface area contributed by atoms with Gasteiger partial charge in [0.25, 0.3) is 0 Å². The Morgan fingerprint density at radius 2 is 1.79 bits per heavy atom. The van der Waals surface area contributed by atoms with Crippen molar-refractivity contribution in [1.29, 1.82) is 0 Å². The van der Waals surface area contributed by atoms with Crippen LogP contribution in [0.25, 0.3) is 22.2 Å². The SMILES string of the molecule is COc1ccc(-c2nc(NC(=O)Cc3cccc4ccccc34)n[nH]2)cc1OC. The predicted molar refractivity (Wildman–Crippen MR) is 111 cm³/mol. The van der Waals surface area contributed by atoms with Crippen LogP contribution in [0, 0.1) is 0 Å². The number of rotatable bonds is 6. The van der Waals surface area contributed by atoms with Crippen LogP contribution < -0.4 is 14.8 Å². The van der Waals surface area contributed by atoms with Crippen LogP contribution in [0.5, 0.6) is 11.5 Å². The zero-order valence-electron chi connectivity index (χ0n) is 16.1.